The summed E-state index contributed by atoms with van der Waals surface area (Å²) in [7, 11) is 0. The van der Waals surface area contributed by atoms with Gasteiger partial charge >= 0.3 is 6.03 Å². The Hall–Kier alpha value is -0.810. The third-order valence-electron chi connectivity index (χ3n) is 4.95. The van der Waals surface area contributed by atoms with Gasteiger partial charge in [-0.3, -0.25) is 4.90 Å². The van der Waals surface area contributed by atoms with Crippen LogP contribution < -0.4 is 5.73 Å². The minimum atomic E-state index is 0.267. The first-order chi connectivity index (χ1) is 10.3. The quantitative estimate of drug-likeness (QED) is 0.859. The van der Waals surface area contributed by atoms with E-state index in [0.29, 0.717) is 6.04 Å². The molecule has 0 bridgehead atoms. The van der Waals surface area contributed by atoms with Crippen LogP contribution in [-0.2, 0) is 0 Å². The predicted molar refractivity (Wildman–Crippen MR) is 86.3 cm³/mol. The third kappa shape index (κ3) is 4.58. The molecule has 2 rings (SSSR count). The van der Waals surface area contributed by atoms with Gasteiger partial charge in [-0.25, -0.2) is 4.79 Å². The van der Waals surface area contributed by atoms with E-state index >= 15 is 0 Å². The molecule has 0 spiro atoms. The van der Waals surface area contributed by atoms with E-state index in [2.05, 4.69) is 21.6 Å². The van der Waals surface area contributed by atoms with Crippen LogP contribution in [0.3, 0.4) is 0 Å². The SMILES string of the molecule is CCC(CCN)N1CCN(C(=O)N2CCCCCC2)CC1. The first kappa shape index (κ1) is 16.6. The van der Waals surface area contributed by atoms with Crippen molar-refractivity contribution in [3.63, 3.8) is 0 Å². The topological polar surface area (TPSA) is 52.8 Å². The highest BCUT2D eigenvalue weighted by Gasteiger charge is 2.27. The number of rotatable bonds is 4. The lowest BCUT2D eigenvalue weighted by Gasteiger charge is -2.40. The molecule has 2 heterocycles. The van der Waals surface area contributed by atoms with Crippen LogP contribution in [0.2, 0.25) is 0 Å². The molecule has 122 valence electrons. The van der Waals surface area contributed by atoms with Gasteiger partial charge in [0, 0.05) is 45.3 Å². The number of hydrogen-bond donors (Lipinski definition) is 1. The summed E-state index contributed by atoms with van der Waals surface area (Å²) in [6.07, 6.45) is 7.09. The van der Waals surface area contributed by atoms with Crippen LogP contribution >= 0.6 is 0 Å². The van der Waals surface area contributed by atoms with Gasteiger partial charge in [-0.15, -0.1) is 0 Å². The maximum absolute atomic E-state index is 12.6. The van der Waals surface area contributed by atoms with Crippen LogP contribution in [0.25, 0.3) is 0 Å². The minimum Gasteiger partial charge on any atom is -0.330 e. The van der Waals surface area contributed by atoms with Crippen molar-refractivity contribution in [2.45, 2.75) is 51.5 Å². The molecule has 5 nitrogen and oxygen atoms in total. The smallest absolute Gasteiger partial charge is 0.320 e. The molecule has 0 saturated carbocycles. The standard InChI is InChI=1S/C16H32N4O/c1-2-15(7-8-17)18-11-13-20(14-12-18)16(21)19-9-5-3-4-6-10-19/h15H,2-14,17H2,1H3. The number of nitrogens with two attached hydrogens (primary N) is 1. The molecule has 0 aliphatic carbocycles. The Morgan fingerprint density at radius 3 is 2.05 bits per heavy atom. The summed E-state index contributed by atoms with van der Waals surface area (Å²) in [5, 5.41) is 0. The van der Waals surface area contributed by atoms with Crippen molar-refractivity contribution in [1.29, 1.82) is 0 Å². The van der Waals surface area contributed by atoms with E-state index in [-0.39, 0.29) is 6.03 Å². The van der Waals surface area contributed by atoms with Gasteiger partial charge < -0.3 is 15.5 Å². The lowest BCUT2D eigenvalue weighted by atomic mass is 10.1. The predicted octanol–water partition coefficient (Wildman–Crippen LogP) is 1.73. The number of nitrogens with zero attached hydrogens (tertiary/aromatic N) is 3. The van der Waals surface area contributed by atoms with Crippen molar-refractivity contribution >= 4 is 6.03 Å². The number of likely N-dealkylation sites (tertiary alicyclic amines) is 1. The Balaban J connectivity index is 1.80. The molecule has 2 aliphatic heterocycles. The van der Waals surface area contributed by atoms with E-state index in [1.54, 1.807) is 0 Å². The van der Waals surface area contributed by atoms with Crippen LogP contribution in [-0.4, -0.2) is 72.6 Å². The fourth-order valence-electron chi connectivity index (χ4n) is 3.58. The van der Waals surface area contributed by atoms with Gasteiger partial charge in [0.1, 0.15) is 0 Å². The maximum Gasteiger partial charge on any atom is 0.320 e. The monoisotopic (exact) mass is 296 g/mol. The molecular weight excluding hydrogens is 264 g/mol. The Morgan fingerprint density at radius 2 is 1.52 bits per heavy atom. The van der Waals surface area contributed by atoms with Crippen molar-refractivity contribution in [2.75, 3.05) is 45.8 Å². The number of hydrogen-bond acceptors (Lipinski definition) is 3. The average Bonchev–Trinajstić information content (AvgIpc) is 2.81. The van der Waals surface area contributed by atoms with Gasteiger partial charge in [0.15, 0.2) is 0 Å². The average molecular weight is 296 g/mol. The second-order valence-electron chi connectivity index (χ2n) is 6.35. The first-order valence-electron chi connectivity index (χ1n) is 8.74. The molecule has 0 aromatic rings. The summed E-state index contributed by atoms with van der Waals surface area (Å²) in [4.78, 5) is 19.2. The Bertz CT molecular complexity index is 307. The minimum absolute atomic E-state index is 0.267. The van der Waals surface area contributed by atoms with Crippen molar-refractivity contribution in [3.05, 3.63) is 0 Å². The first-order valence-corrected chi connectivity index (χ1v) is 8.74. The van der Waals surface area contributed by atoms with Crippen molar-refractivity contribution < 1.29 is 4.79 Å². The summed E-state index contributed by atoms with van der Waals surface area (Å²) >= 11 is 0. The fourth-order valence-corrected chi connectivity index (χ4v) is 3.58. The van der Waals surface area contributed by atoms with Gasteiger partial charge in [0.25, 0.3) is 0 Å². The highest BCUT2D eigenvalue weighted by molar-refractivity contribution is 5.74. The van der Waals surface area contributed by atoms with E-state index in [4.69, 9.17) is 5.73 Å². The second-order valence-corrected chi connectivity index (χ2v) is 6.35. The number of piperazine rings is 1. The summed E-state index contributed by atoms with van der Waals surface area (Å²) in [6, 6.07) is 0.855. The lowest BCUT2D eigenvalue weighted by molar-refractivity contribution is 0.0876. The van der Waals surface area contributed by atoms with Crippen molar-refractivity contribution in [2.24, 2.45) is 5.73 Å². The molecule has 0 radical (unpaired) electrons. The molecule has 2 saturated heterocycles. The molecule has 0 aromatic heterocycles. The maximum atomic E-state index is 12.6. The summed E-state index contributed by atoms with van der Waals surface area (Å²) < 4.78 is 0. The van der Waals surface area contributed by atoms with Gasteiger partial charge in [-0.05, 0) is 32.2 Å². The number of urea groups is 1. The zero-order valence-corrected chi connectivity index (χ0v) is 13.6. The lowest BCUT2D eigenvalue weighted by Crippen LogP contribution is -2.55. The molecule has 2 N–H and O–H groups in total. The zero-order chi connectivity index (χ0) is 15.1. The van der Waals surface area contributed by atoms with Crippen LogP contribution in [0.4, 0.5) is 4.79 Å². The highest BCUT2D eigenvalue weighted by atomic mass is 16.2. The highest BCUT2D eigenvalue weighted by Crippen LogP contribution is 2.15. The van der Waals surface area contributed by atoms with Crippen LogP contribution in [0.5, 0.6) is 0 Å². The molecule has 21 heavy (non-hydrogen) atoms. The number of amides is 2. The summed E-state index contributed by atoms with van der Waals surface area (Å²) in [5.74, 6) is 0. The van der Waals surface area contributed by atoms with Gasteiger partial charge in [0.05, 0.1) is 0 Å². The summed E-state index contributed by atoms with van der Waals surface area (Å²) in [6.45, 7) is 8.62. The van der Waals surface area contributed by atoms with Crippen LogP contribution in [0, 0.1) is 0 Å². The molecule has 2 fully saturated rings. The second kappa shape index (κ2) is 8.59. The van der Waals surface area contributed by atoms with E-state index in [9.17, 15) is 4.79 Å². The molecule has 1 unspecified atom stereocenters. The molecule has 2 aliphatic rings. The van der Waals surface area contributed by atoms with E-state index in [1.165, 1.54) is 25.7 Å². The van der Waals surface area contributed by atoms with Crippen LogP contribution in [0.15, 0.2) is 0 Å². The third-order valence-corrected chi connectivity index (χ3v) is 4.95. The Morgan fingerprint density at radius 1 is 0.952 bits per heavy atom. The molecule has 2 amide bonds. The molecular formula is C16H32N4O. The number of carbonyl (C=O) groups excluding carboxylic acids is 1. The molecule has 5 heteroatoms. The van der Waals surface area contributed by atoms with Crippen LogP contribution in [0.1, 0.15) is 45.4 Å². The molecule has 0 aromatic carbocycles. The van der Waals surface area contributed by atoms with E-state index in [0.717, 1.165) is 58.7 Å². The van der Waals surface area contributed by atoms with Gasteiger partial charge in [-0.1, -0.05) is 19.8 Å². The van der Waals surface area contributed by atoms with Gasteiger partial charge in [-0.2, -0.15) is 0 Å². The number of carbonyl (C=O) groups is 1. The van der Waals surface area contributed by atoms with Gasteiger partial charge in [0.2, 0.25) is 0 Å². The van der Waals surface area contributed by atoms with E-state index < -0.39 is 0 Å². The van der Waals surface area contributed by atoms with Crippen molar-refractivity contribution in [1.82, 2.24) is 14.7 Å². The van der Waals surface area contributed by atoms with Crippen molar-refractivity contribution in [3.8, 4) is 0 Å². The van der Waals surface area contributed by atoms with E-state index in [1.807, 2.05) is 0 Å². The normalized spacial score (nSPS) is 23.0. The Kier molecular flexibility index (Phi) is 6.77. The molecule has 1 atom stereocenters. The summed E-state index contributed by atoms with van der Waals surface area (Å²) in [5.41, 5.74) is 5.70. The largest absolute Gasteiger partial charge is 0.330 e. The zero-order valence-electron chi connectivity index (χ0n) is 13.6. The Labute approximate surface area is 129 Å². The fraction of sp³-hybridized carbons (Fsp3) is 0.938.